The second kappa shape index (κ2) is 4.64. The van der Waals surface area contributed by atoms with Crippen molar-refractivity contribution in [2.75, 3.05) is 0 Å². The van der Waals surface area contributed by atoms with E-state index >= 15 is 0 Å². The Morgan fingerprint density at radius 2 is 2.13 bits per heavy atom. The molecule has 1 fully saturated rings. The molecule has 0 bridgehead atoms. The van der Waals surface area contributed by atoms with Gasteiger partial charge in [-0.3, -0.25) is 9.51 Å². The van der Waals surface area contributed by atoms with Gasteiger partial charge in [0.2, 0.25) is 0 Å². The van der Waals surface area contributed by atoms with Gasteiger partial charge in [-0.05, 0) is 31.6 Å². The van der Waals surface area contributed by atoms with Crippen LogP contribution in [0.1, 0.15) is 57.2 Å². The number of H-pyrrole nitrogens is 1. The highest BCUT2D eigenvalue weighted by molar-refractivity contribution is 4.94. The first-order valence-corrected chi connectivity index (χ1v) is 5.85. The summed E-state index contributed by atoms with van der Waals surface area (Å²) in [7, 11) is 0. The van der Waals surface area contributed by atoms with Crippen molar-refractivity contribution < 1.29 is 4.52 Å². The van der Waals surface area contributed by atoms with Gasteiger partial charge in [0.25, 0.3) is 0 Å². The van der Waals surface area contributed by atoms with E-state index in [1.807, 2.05) is 0 Å². The van der Waals surface area contributed by atoms with Gasteiger partial charge in [-0.15, -0.1) is 0 Å². The van der Waals surface area contributed by atoms with Crippen molar-refractivity contribution in [1.82, 2.24) is 10.1 Å². The van der Waals surface area contributed by atoms with Crippen molar-refractivity contribution in [1.29, 1.82) is 0 Å². The predicted molar refractivity (Wildman–Crippen MR) is 56.7 cm³/mol. The van der Waals surface area contributed by atoms with Crippen LogP contribution in [0.3, 0.4) is 0 Å². The van der Waals surface area contributed by atoms with Crippen LogP contribution in [0.5, 0.6) is 0 Å². The summed E-state index contributed by atoms with van der Waals surface area (Å²) >= 11 is 0. The van der Waals surface area contributed by atoms with Crippen LogP contribution >= 0.6 is 0 Å². The molecule has 0 unspecified atom stereocenters. The molecule has 1 saturated carbocycles. The Labute approximate surface area is 89.1 Å². The number of nitrogens with one attached hydrogen (secondary N) is 1. The quantitative estimate of drug-likeness (QED) is 0.833. The average molecular weight is 210 g/mol. The molecule has 1 N–H and O–H groups in total. The lowest BCUT2D eigenvalue weighted by Crippen LogP contribution is -2.14. The molecule has 1 aromatic rings. The van der Waals surface area contributed by atoms with Gasteiger partial charge in [0, 0.05) is 5.92 Å². The normalized spacial score (nSPS) is 26.7. The number of aromatic amines is 1. The fourth-order valence-corrected chi connectivity index (χ4v) is 2.55. The summed E-state index contributed by atoms with van der Waals surface area (Å²) in [4.78, 5) is 13.5. The third-order valence-corrected chi connectivity index (χ3v) is 3.39. The molecule has 1 heterocycles. The monoisotopic (exact) mass is 210 g/mol. The Balaban J connectivity index is 1.91. The number of aromatic nitrogens is 2. The van der Waals surface area contributed by atoms with Crippen molar-refractivity contribution in [2.24, 2.45) is 5.92 Å². The third kappa shape index (κ3) is 2.49. The van der Waals surface area contributed by atoms with E-state index < -0.39 is 5.76 Å². The lowest BCUT2D eigenvalue weighted by atomic mass is 9.80. The van der Waals surface area contributed by atoms with Crippen LogP contribution in [0.4, 0.5) is 0 Å². The lowest BCUT2D eigenvalue weighted by molar-refractivity contribution is 0.295. The molecule has 0 radical (unpaired) electrons. The third-order valence-electron chi connectivity index (χ3n) is 3.39. The van der Waals surface area contributed by atoms with Gasteiger partial charge in [-0.1, -0.05) is 24.9 Å². The highest BCUT2D eigenvalue weighted by atomic mass is 16.5. The second-order valence-electron chi connectivity index (χ2n) is 4.49. The molecule has 15 heavy (non-hydrogen) atoms. The molecular weight excluding hydrogens is 192 g/mol. The maximum Gasteiger partial charge on any atom is 0.438 e. The molecule has 1 aliphatic carbocycles. The first-order chi connectivity index (χ1) is 7.29. The summed E-state index contributed by atoms with van der Waals surface area (Å²) in [6, 6.07) is 0. The van der Waals surface area contributed by atoms with Gasteiger partial charge >= 0.3 is 5.76 Å². The number of hydrogen-bond donors (Lipinski definition) is 1. The van der Waals surface area contributed by atoms with Crippen LogP contribution < -0.4 is 5.76 Å². The largest absolute Gasteiger partial charge is 0.438 e. The SMILES string of the molecule is CCCC1CCC(c2noc(=O)[nH]2)CC1. The zero-order valence-electron chi connectivity index (χ0n) is 9.16. The fraction of sp³-hybridized carbons (Fsp3) is 0.818. The smallest absolute Gasteiger partial charge is 0.296 e. The first kappa shape index (κ1) is 10.5. The van der Waals surface area contributed by atoms with Gasteiger partial charge in [0.05, 0.1) is 0 Å². The van der Waals surface area contributed by atoms with Crippen LogP contribution in [0.25, 0.3) is 0 Å². The Hall–Kier alpha value is -1.06. The molecule has 0 amide bonds. The Bertz CT molecular complexity index is 347. The zero-order valence-corrected chi connectivity index (χ0v) is 9.16. The number of rotatable bonds is 3. The van der Waals surface area contributed by atoms with Crippen LogP contribution in [0.15, 0.2) is 9.32 Å². The molecule has 4 heteroatoms. The summed E-state index contributed by atoms with van der Waals surface area (Å²) < 4.78 is 4.53. The van der Waals surface area contributed by atoms with Crippen LogP contribution in [-0.2, 0) is 0 Å². The molecule has 84 valence electrons. The summed E-state index contributed by atoms with van der Waals surface area (Å²) in [5.74, 6) is 1.60. The van der Waals surface area contributed by atoms with E-state index in [0.717, 1.165) is 24.6 Å². The minimum atomic E-state index is -0.430. The van der Waals surface area contributed by atoms with E-state index in [1.165, 1.54) is 25.7 Å². The molecule has 0 spiro atoms. The van der Waals surface area contributed by atoms with E-state index in [-0.39, 0.29) is 0 Å². The van der Waals surface area contributed by atoms with Gasteiger partial charge in [0.1, 0.15) is 0 Å². The Kier molecular flexibility index (Phi) is 3.23. The van der Waals surface area contributed by atoms with Crippen molar-refractivity contribution in [2.45, 2.75) is 51.4 Å². The molecule has 0 atom stereocenters. The molecule has 2 rings (SSSR count). The maximum absolute atomic E-state index is 10.8. The van der Waals surface area contributed by atoms with E-state index in [1.54, 1.807) is 0 Å². The molecule has 1 aromatic heterocycles. The predicted octanol–water partition coefficient (Wildman–Crippen LogP) is 2.44. The van der Waals surface area contributed by atoms with Gasteiger partial charge in [-0.2, -0.15) is 0 Å². The standard InChI is InChI=1S/C11H18N2O2/c1-2-3-8-4-6-9(7-5-8)10-12-11(14)15-13-10/h8-9H,2-7H2,1H3,(H,12,13,14). The van der Waals surface area contributed by atoms with Crippen LogP contribution in [0.2, 0.25) is 0 Å². The summed E-state index contributed by atoms with van der Waals surface area (Å²) in [6.45, 7) is 2.24. The summed E-state index contributed by atoms with van der Waals surface area (Å²) in [6.07, 6.45) is 7.39. The van der Waals surface area contributed by atoms with E-state index in [4.69, 9.17) is 0 Å². The zero-order chi connectivity index (χ0) is 10.7. The summed E-state index contributed by atoms with van der Waals surface area (Å²) in [5.41, 5.74) is 0. The maximum atomic E-state index is 10.8. The van der Waals surface area contributed by atoms with Gasteiger partial charge in [-0.25, -0.2) is 4.79 Å². The van der Waals surface area contributed by atoms with E-state index in [9.17, 15) is 4.79 Å². The lowest BCUT2D eigenvalue weighted by Gasteiger charge is -2.26. The molecule has 1 aliphatic rings. The minimum Gasteiger partial charge on any atom is -0.296 e. The topological polar surface area (TPSA) is 58.9 Å². The van der Waals surface area contributed by atoms with Crippen molar-refractivity contribution in [3.63, 3.8) is 0 Å². The highest BCUT2D eigenvalue weighted by Crippen LogP contribution is 2.35. The molecule has 4 nitrogen and oxygen atoms in total. The molecular formula is C11H18N2O2. The van der Waals surface area contributed by atoms with E-state index in [2.05, 4.69) is 21.6 Å². The fourth-order valence-electron chi connectivity index (χ4n) is 2.55. The van der Waals surface area contributed by atoms with Crippen LogP contribution in [-0.4, -0.2) is 10.1 Å². The second-order valence-corrected chi connectivity index (χ2v) is 4.49. The number of nitrogens with zero attached hydrogens (tertiary/aromatic N) is 1. The van der Waals surface area contributed by atoms with Crippen molar-refractivity contribution >= 4 is 0 Å². The molecule has 0 saturated heterocycles. The van der Waals surface area contributed by atoms with Crippen molar-refractivity contribution in [3.05, 3.63) is 16.4 Å². The van der Waals surface area contributed by atoms with Crippen molar-refractivity contribution in [3.8, 4) is 0 Å². The first-order valence-electron chi connectivity index (χ1n) is 5.85. The highest BCUT2D eigenvalue weighted by Gasteiger charge is 2.24. The summed E-state index contributed by atoms with van der Waals surface area (Å²) in [5, 5.41) is 3.77. The molecule has 0 aromatic carbocycles. The Morgan fingerprint density at radius 3 is 2.67 bits per heavy atom. The Morgan fingerprint density at radius 1 is 1.40 bits per heavy atom. The van der Waals surface area contributed by atoms with Crippen LogP contribution in [0, 0.1) is 5.92 Å². The average Bonchev–Trinajstić information content (AvgIpc) is 2.67. The number of hydrogen-bond acceptors (Lipinski definition) is 3. The minimum absolute atomic E-state index is 0.407. The van der Waals surface area contributed by atoms with Gasteiger partial charge < -0.3 is 0 Å². The molecule has 0 aliphatic heterocycles. The van der Waals surface area contributed by atoms with E-state index in [0.29, 0.717) is 5.92 Å². The van der Waals surface area contributed by atoms with Gasteiger partial charge in [0.15, 0.2) is 5.82 Å².